The molecule has 170 valence electrons. The summed E-state index contributed by atoms with van der Waals surface area (Å²) >= 11 is 0. The largest absolute Gasteiger partial charge is 0.509 e. The van der Waals surface area contributed by atoms with E-state index in [-0.39, 0.29) is 35.1 Å². The fourth-order valence-corrected chi connectivity index (χ4v) is 5.74. The van der Waals surface area contributed by atoms with Crippen molar-refractivity contribution in [2.45, 2.75) is 60.9 Å². The van der Waals surface area contributed by atoms with E-state index in [9.17, 15) is 9.67 Å². The van der Waals surface area contributed by atoms with Gasteiger partial charge in [-0.05, 0) is 36.3 Å². The first-order chi connectivity index (χ1) is 14.3. The second-order valence-corrected chi connectivity index (χ2v) is 12.3. The van der Waals surface area contributed by atoms with E-state index in [1.807, 2.05) is 0 Å². The Labute approximate surface area is 185 Å². The molecule has 0 aliphatic carbocycles. The first-order valence-electron chi connectivity index (χ1n) is 10.8. The number of aliphatic hydroxyl groups is 1. The molecule has 2 atom stereocenters. The fourth-order valence-electron chi connectivity index (χ4n) is 4.02. The van der Waals surface area contributed by atoms with Crippen molar-refractivity contribution in [2.24, 2.45) is 15.6 Å². The highest BCUT2D eigenvalue weighted by Crippen LogP contribution is 2.52. The van der Waals surface area contributed by atoms with Crippen LogP contribution in [0.5, 0.6) is 0 Å². The topological polar surface area (TPSA) is 87.0 Å². The quantitative estimate of drug-likeness (QED) is 0.601. The number of nitrogens with one attached hydrogen (secondary N) is 1. The van der Waals surface area contributed by atoms with Crippen LogP contribution in [0.15, 0.2) is 46.7 Å². The molecule has 0 aromatic carbocycles. The number of hydrogen-bond donors (Lipinski definition) is 2. The first kappa shape index (κ1) is 23.6. The molecule has 2 unspecified atom stereocenters. The molecule has 0 saturated carbocycles. The van der Waals surface area contributed by atoms with Crippen molar-refractivity contribution in [3.8, 4) is 0 Å². The SMILES string of the molecule is C=C1C(C2=NP(=O)(OCC)c3cccnc3N2)=C(O)C(C(C)(C)C)N1CCC(C)(C)C. The summed E-state index contributed by atoms with van der Waals surface area (Å²) in [7, 11) is -3.53. The highest BCUT2D eigenvalue weighted by molar-refractivity contribution is 7.66. The van der Waals surface area contributed by atoms with Gasteiger partial charge in [-0.3, -0.25) is 4.57 Å². The van der Waals surface area contributed by atoms with Gasteiger partial charge in [0.15, 0.2) is 0 Å². The van der Waals surface area contributed by atoms with Gasteiger partial charge in [0.1, 0.15) is 22.7 Å². The Morgan fingerprint density at radius 1 is 1.29 bits per heavy atom. The zero-order valence-electron chi connectivity index (χ0n) is 19.7. The number of pyridine rings is 1. The van der Waals surface area contributed by atoms with E-state index in [1.54, 1.807) is 25.3 Å². The van der Waals surface area contributed by atoms with Crippen LogP contribution in [0.4, 0.5) is 5.82 Å². The smallest absolute Gasteiger partial charge is 0.350 e. The van der Waals surface area contributed by atoms with Crippen molar-refractivity contribution >= 4 is 24.5 Å². The van der Waals surface area contributed by atoms with E-state index >= 15 is 0 Å². The van der Waals surface area contributed by atoms with Crippen LogP contribution in [-0.2, 0) is 9.09 Å². The molecule has 0 fully saturated rings. The molecule has 1 aromatic rings. The predicted octanol–water partition coefficient (Wildman–Crippen LogP) is 5.25. The van der Waals surface area contributed by atoms with Crippen LogP contribution in [-0.4, -0.2) is 40.0 Å². The maximum atomic E-state index is 13.6. The van der Waals surface area contributed by atoms with Crippen LogP contribution in [0.2, 0.25) is 0 Å². The lowest BCUT2D eigenvalue weighted by Gasteiger charge is -2.38. The maximum absolute atomic E-state index is 13.6. The van der Waals surface area contributed by atoms with Crippen molar-refractivity contribution in [1.29, 1.82) is 0 Å². The Balaban J connectivity index is 2.08. The Morgan fingerprint density at radius 3 is 2.55 bits per heavy atom. The third-order valence-electron chi connectivity index (χ3n) is 5.49. The van der Waals surface area contributed by atoms with Crippen molar-refractivity contribution in [1.82, 2.24) is 9.88 Å². The monoisotopic (exact) mass is 446 g/mol. The third kappa shape index (κ3) is 4.58. The molecule has 2 N–H and O–H groups in total. The van der Waals surface area contributed by atoms with Crippen LogP contribution in [0.3, 0.4) is 0 Å². The third-order valence-corrected chi connectivity index (χ3v) is 7.53. The number of fused-ring (bicyclic) bond motifs is 1. The van der Waals surface area contributed by atoms with Crippen molar-refractivity contribution in [3.05, 3.63) is 41.9 Å². The van der Waals surface area contributed by atoms with E-state index in [2.05, 4.69) is 68.1 Å². The Kier molecular flexibility index (Phi) is 6.16. The molecule has 0 bridgehead atoms. The number of aliphatic hydroxyl groups excluding tert-OH is 1. The Morgan fingerprint density at radius 2 is 1.97 bits per heavy atom. The van der Waals surface area contributed by atoms with Gasteiger partial charge in [-0.2, -0.15) is 4.76 Å². The van der Waals surface area contributed by atoms with Gasteiger partial charge in [-0.15, -0.1) is 0 Å². The van der Waals surface area contributed by atoms with Crippen molar-refractivity contribution in [3.63, 3.8) is 0 Å². The van der Waals surface area contributed by atoms with Crippen LogP contribution in [0, 0.1) is 10.8 Å². The van der Waals surface area contributed by atoms with Crippen LogP contribution < -0.4 is 10.6 Å². The molecule has 0 spiro atoms. The number of nitrogens with zero attached hydrogens (tertiary/aromatic N) is 3. The predicted molar refractivity (Wildman–Crippen MR) is 127 cm³/mol. The molecule has 0 radical (unpaired) electrons. The molecule has 31 heavy (non-hydrogen) atoms. The lowest BCUT2D eigenvalue weighted by molar-refractivity contribution is 0.128. The molecule has 3 rings (SSSR count). The molecule has 0 amide bonds. The van der Waals surface area contributed by atoms with E-state index in [0.29, 0.717) is 22.4 Å². The molecule has 3 heterocycles. The van der Waals surface area contributed by atoms with Gasteiger partial charge < -0.3 is 19.8 Å². The van der Waals surface area contributed by atoms with Crippen molar-refractivity contribution < 1.29 is 14.2 Å². The molecule has 7 nitrogen and oxygen atoms in total. The molecule has 8 heteroatoms. The summed E-state index contributed by atoms with van der Waals surface area (Å²) in [5.41, 5.74) is 1.03. The van der Waals surface area contributed by atoms with E-state index in [0.717, 1.165) is 13.0 Å². The van der Waals surface area contributed by atoms with Crippen molar-refractivity contribution in [2.75, 3.05) is 18.5 Å². The lowest BCUT2D eigenvalue weighted by Crippen LogP contribution is -2.42. The standard InChI is InChI=1S/C23H35N4O3P/c1-9-30-31(29)16-11-10-13-24-20(16)25-21(26-31)17-15(2)27(14-12-22(3,4)5)19(18(17)28)23(6,7)8/h10-11,13,19,28H,2,9,12,14H2,1,3-8H3,(H,24,25,26,29). The van der Waals surface area contributed by atoms with Crippen LogP contribution in [0.25, 0.3) is 0 Å². The summed E-state index contributed by atoms with van der Waals surface area (Å²) in [6.45, 7) is 19.9. The molecule has 2 aliphatic heterocycles. The number of anilines is 1. The summed E-state index contributed by atoms with van der Waals surface area (Å²) in [4.78, 5) is 6.47. The van der Waals surface area contributed by atoms with Gasteiger partial charge in [-0.25, -0.2) is 4.98 Å². The number of amidine groups is 1. The summed E-state index contributed by atoms with van der Waals surface area (Å²) in [6, 6.07) is 3.15. The molecule has 2 aliphatic rings. The second kappa shape index (κ2) is 8.10. The van der Waals surface area contributed by atoms with Gasteiger partial charge in [0, 0.05) is 18.4 Å². The van der Waals surface area contributed by atoms with Gasteiger partial charge in [0.25, 0.3) is 0 Å². The highest BCUT2D eigenvalue weighted by Gasteiger charge is 2.46. The average Bonchev–Trinajstić information content (AvgIpc) is 2.89. The number of rotatable bonds is 5. The minimum absolute atomic E-state index is 0.134. The van der Waals surface area contributed by atoms with E-state index < -0.39 is 7.52 Å². The van der Waals surface area contributed by atoms with Crippen LogP contribution >= 0.6 is 7.52 Å². The zero-order chi connectivity index (χ0) is 23.2. The zero-order valence-corrected chi connectivity index (χ0v) is 20.6. The summed E-state index contributed by atoms with van der Waals surface area (Å²) in [5.74, 6) is 0.899. The normalized spacial score (nSPS) is 24.2. The highest BCUT2D eigenvalue weighted by atomic mass is 31.2. The fraction of sp³-hybridized carbons (Fsp3) is 0.565. The van der Waals surface area contributed by atoms with Gasteiger partial charge in [-0.1, -0.05) is 48.1 Å². The summed E-state index contributed by atoms with van der Waals surface area (Å²) in [6.07, 6.45) is 2.55. The minimum Gasteiger partial charge on any atom is -0.509 e. The molecular formula is C23H35N4O3P. The van der Waals surface area contributed by atoms with Gasteiger partial charge in [0.2, 0.25) is 0 Å². The van der Waals surface area contributed by atoms with Gasteiger partial charge in [0.05, 0.1) is 18.2 Å². The Bertz CT molecular complexity index is 985. The molecule has 1 aromatic heterocycles. The number of hydrogen-bond acceptors (Lipinski definition) is 6. The molecule has 0 saturated heterocycles. The maximum Gasteiger partial charge on any atom is 0.350 e. The molecular weight excluding hydrogens is 411 g/mol. The first-order valence-corrected chi connectivity index (χ1v) is 12.3. The second-order valence-electron chi connectivity index (χ2n) is 10.4. The van der Waals surface area contributed by atoms with E-state index in [4.69, 9.17) is 4.52 Å². The Hall–Kier alpha value is -2.11. The minimum atomic E-state index is -3.53. The number of aromatic nitrogens is 1. The average molecular weight is 447 g/mol. The summed E-state index contributed by atoms with van der Waals surface area (Å²) < 4.78 is 23.7. The summed E-state index contributed by atoms with van der Waals surface area (Å²) in [5, 5.41) is 15.0. The lowest BCUT2D eigenvalue weighted by atomic mass is 9.84. The van der Waals surface area contributed by atoms with Crippen LogP contribution in [0.1, 0.15) is 54.9 Å². The van der Waals surface area contributed by atoms with Gasteiger partial charge >= 0.3 is 7.52 Å². The van der Waals surface area contributed by atoms with E-state index in [1.165, 1.54) is 0 Å².